The summed E-state index contributed by atoms with van der Waals surface area (Å²) in [5.41, 5.74) is 1.77. The van der Waals surface area contributed by atoms with Gasteiger partial charge >= 0.3 is 0 Å². The molecule has 6 heterocycles. The van der Waals surface area contributed by atoms with Gasteiger partial charge in [0.15, 0.2) is 0 Å². The van der Waals surface area contributed by atoms with Gasteiger partial charge in [0, 0.05) is 34.7 Å². The van der Waals surface area contributed by atoms with Gasteiger partial charge in [-0.2, -0.15) is 0 Å². The minimum absolute atomic E-state index is 0. The zero-order valence-electron chi connectivity index (χ0n) is 14.6. The van der Waals surface area contributed by atoms with E-state index in [0.717, 1.165) is 26.1 Å². The van der Waals surface area contributed by atoms with Gasteiger partial charge in [-0.15, -0.1) is 0 Å². The SMILES string of the molecule is O.O=C1C[C@H]2SC(C3=C(C4=C(CCO)N5C(=O)C[C@H]5S4)S[C@@H]4CC(=O)N34)=CN12. The van der Waals surface area contributed by atoms with E-state index in [2.05, 4.69) is 0 Å². The minimum Gasteiger partial charge on any atom is -0.412 e. The molecule has 3 amide bonds. The van der Waals surface area contributed by atoms with Crippen molar-refractivity contribution in [1.82, 2.24) is 14.7 Å². The highest BCUT2D eigenvalue weighted by Crippen LogP contribution is 2.61. The molecular weight excluding hydrogens is 422 g/mol. The zero-order valence-corrected chi connectivity index (χ0v) is 17.0. The van der Waals surface area contributed by atoms with Crippen LogP contribution in [0.4, 0.5) is 0 Å². The normalized spacial score (nSPS) is 32.6. The van der Waals surface area contributed by atoms with Crippen LogP contribution < -0.4 is 0 Å². The first kappa shape index (κ1) is 18.6. The number of amides is 3. The molecule has 0 bridgehead atoms. The molecule has 8 nitrogen and oxygen atoms in total. The van der Waals surface area contributed by atoms with Crippen LogP contribution in [0.25, 0.3) is 0 Å². The molecule has 3 saturated heterocycles. The molecule has 0 aromatic rings. The fourth-order valence-electron chi connectivity index (χ4n) is 4.16. The van der Waals surface area contributed by atoms with Crippen LogP contribution in [-0.2, 0) is 14.4 Å². The monoisotopic (exact) mass is 439 g/mol. The molecule has 148 valence electrons. The Morgan fingerprint density at radius 3 is 2.14 bits per heavy atom. The van der Waals surface area contributed by atoms with Gasteiger partial charge < -0.3 is 20.4 Å². The number of carbonyl (C=O) groups is 3. The standard InChI is InChI=1S/C17H15N3O4S3.H2O/c21-2-1-7-16(26-13-4-10(23)19(7)13)17-15(20-11(24)5-14(20)27-17)8-6-18-9(22)3-12(18)25-8;/h6,12-14,21H,1-5H2;1H2/t12-,13-,14-;/m1./s1. The summed E-state index contributed by atoms with van der Waals surface area (Å²) in [6.45, 7) is -0.0168. The smallest absolute Gasteiger partial charge is 0.231 e. The summed E-state index contributed by atoms with van der Waals surface area (Å²) >= 11 is 4.97. The molecule has 0 unspecified atom stereocenters. The molecule has 0 aromatic carbocycles. The van der Waals surface area contributed by atoms with Crippen molar-refractivity contribution >= 4 is 53.0 Å². The molecule has 0 radical (unpaired) electrons. The average Bonchev–Trinajstić information content (AvgIpc) is 3.21. The Kier molecular flexibility index (Phi) is 4.19. The number of fused-ring (bicyclic) bond motifs is 3. The van der Waals surface area contributed by atoms with Crippen LogP contribution >= 0.6 is 35.3 Å². The number of carbonyl (C=O) groups excluding carboxylic acids is 3. The summed E-state index contributed by atoms with van der Waals surface area (Å²) in [6.07, 6.45) is 3.87. The van der Waals surface area contributed by atoms with Gasteiger partial charge in [-0.25, -0.2) is 0 Å². The van der Waals surface area contributed by atoms with Crippen molar-refractivity contribution in [2.24, 2.45) is 0 Å². The fourth-order valence-corrected chi connectivity index (χ4v) is 8.57. The second-order valence-corrected chi connectivity index (χ2v) is 10.7. The summed E-state index contributed by atoms with van der Waals surface area (Å²) in [7, 11) is 0. The van der Waals surface area contributed by atoms with E-state index in [1.165, 1.54) is 0 Å². The Balaban J connectivity index is 0.00000171. The molecule has 3 fully saturated rings. The maximum Gasteiger partial charge on any atom is 0.231 e. The van der Waals surface area contributed by atoms with Crippen LogP contribution in [0, 0.1) is 0 Å². The molecule has 0 aromatic heterocycles. The average molecular weight is 440 g/mol. The van der Waals surface area contributed by atoms with Crippen molar-refractivity contribution in [3.63, 3.8) is 0 Å². The summed E-state index contributed by atoms with van der Waals surface area (Å²) in [6, 6.07) is 0. The molecule has 0 spiro atoms. The highest BCUT2D eigenvalue weighted by Gasteiger charge is 2.54. The third-order valence-corrected chi connectivity index (χ3v) is 9.54. The lowest BCUT2D eigenvalue weighted by atomic mass is 10.1. The van der Waals surface area contributed by atoms with Crippen molar-refractivity contribution in [1.29, 1.82) is 0 Å². The molecule has 3 N–H and O–H groups in total. The van der Waals surface area contributed by atoms with E-state index >= 15 is 0 Å². The molecule has 6 rings (SSSR count). The molecular formula is C17H17N3O5S3. The molecule has 28 heavy (non-hydrogen) atoms. The van der Waals surface area contributed by atoms with Crippen LogP contribution in [0.5, 0.6) is 0 Å². The highest BCUT2D eigenvalue weighted by atomic mass is 32.2. The van der Waals surface area contributed by atoms with Gasteiger partial charge in [0.1, 0.15) is 0 Å². The second kappa shape index (κ2) is 6.30. The van der Waals surface area contributed by atoms with Crippen LogP contribution in [0.3, 0.4) is 0 Å². The maximum absolute atomic E-state index is 12.3. The van der Waals surface area contributed by atoms with Gasteiger partial charge in [0.05, 0.1) is 46.0 Å². The van der Waals surface area contributed by atoms with Crippen LogP contribution in [0.15, 0.2) is 32.3 Å². The van der Waals surface area contributed by atoms with Crippen molar-refractivity contribution in [3.05, 3.63) is 32.3 Å². The van der Waals surface area contributed by atoms with Gasteiger partial charge in [0.25, 0.3) is 0 Å². The Labute approximate surface area is 173 Å². The quantitative estimate of drug-likeness (QED) is 0.643. The lowest BCUT2D eigenvalue weighted by molar-refractivity contribution is -0.139. The highest BCUT2D eigenvalue weighted by molar-refractivity contribution is 8.09. The van der Waals surface area contributed by atoms with E-state index < -0.39 is 0 Å². The number of aliphatic hydroxyl groups is 1. The van der Waals surface area contributed by atoms with Crippen molar-refractivity contribution in [2.75, 3.05) is 6.61 Å². The first-order valence-electron chi connectivity index (χ1n) is 8.83. The third-order valence-electron chi connectivity index (χ3n) is 5.58. The lowest BCUT2D eigenvalue weighted by Crippen LogP contribution is -2.47. The van der Waals surface area contributed by atoms with E-state index in [1.54, 1.807) is 45.1 Å². The first-order chi connectivity index (χ1) is 13.1. The number of β-lactam (4-membered cyclic amide) rings is 3. The third kappa shape index (κ3) is 2.28. The minimum atomic E-state index is -0.0168. The molecule has 3 atom stereocenters. The number of thioether (sulfide) groups is 3. The lowest BCUT2D eigenvalue weighted by Gasteiger charge is -2.35. The summed E-state index contributed by atoms with van der Waals surface area (Å²) < 4.78 is 0. The van der Waals surface area contributed by atoms with Crippen LogP contribution in [0.2, 0.25) is 0 Å². The number of nitrogens with zero attached hydrogens (tertiary/aromatic N) is 3. The van der Waals surface area contributed by atoms with Crippen LogP contribution in [-0.4, -0.2) is 65.7 Å². The van der Waals surface area contributed by atoms with Gasteiger partial charge in [-0.3, -0.25) is 19.3 Å². The molecule has 6 aliphatic rings. The molecule has 11 heteroatoms. The van der Waals surface area contributed by atoms with Gasteiger partial charge in [-0.05, 0) is 0 Å². The van der Waals surface area contributed by atoms with Crippen molar-refractivity contribution < 1.29 is 25.0 Å². The number of hydrogen-bond acceptors (Lipinski definition) is 7. The fraction of sp³-hybridized carbons (Fsp3) is 0.471. The maximum atomic E-state index is 12.3. The predicted molar refractivity (Wildman–Crippen MR) is 106 cm³/mol. The Morgan fingerprint density at radius 1 is 0.893 bits per heavy atom. The predicted octanol–water partition coefficient (Wildman–Crippen LogP) is 0.724. The second-order valence-electron chi connectivity index (χ2n) is 7.08. The Bertz CT molecular complexity index is 929. The van der Waals surface area contributed by atoms with E-state index in [0.29, 0.717) is 25.7 Å². The van der Waals surface area contributed by atoms with Gasteiger partial charge in [0.2, 0.25) is 17.7 Å². The van der Waals surface area contributed by atoms with Crippen LogP contribution in [0.1, 0.15) is 25.7 Å². The topological polar surface area (TPSA) is 113 Å². The zero-order chi connectivity index (χ0) is 18.4. The van der Waals surface area contributed by atoms with E-state index in [9.17, 15) is 19.5 Å². The molecule has 6 aliphatic heterocycles. The van der Waals surface area contributed by atoms with E-state index in [-0.39, 0.29) is 45.9 Å². The van der Waals surface area contributed by atoms with E-state index in [4.69, 9.17) is 0 Å². The Hall–Kier alpha value is -1.40. The number of rotatable bonds is 4. The summed E-state index contributed by atoms with van der Waals surface area (Å²) in [4.78, 5) is 44.6. The summed E-state index contributed by atoms with van der Waals surface area (Å²) in [5.74, 6) is 0.317. The van der Waals surface area contributed by atoms with Crippen molar-refractivity contribution in [3.8, 4) is 0 Å². The van der Waals surface area contributed by atoms with E-state index in [1.807, 2.05) is 11.1 Å². The van der Waals surface area contributed by atoms with Gasteiger partial charge in [-0.1, -0.05) is 35.3 Å². The summed E-state index contributed by atoms with van der Waals surface area (Å²) in [5, 5.41) is 9.87. The Morgan fingerprint density at radius 2 is 1.54 bits per heavy atom. The van der Waals surface area contributed by atoms with Crippen molar-refractivity contribution in [2.45, 2.75) is 41.8 Å². The molecule has 0 aliphatic carbocycles. The number of hydrogen-bond donors (Lipinski definition) is 1. The molecule has 0 saturated carbocycles. The number of aliphatic hydroxyl groups excluding tert-OH is 1. The first-order valence-corrected chi connectivity index (χ1v) is 11.5. The largest absolute Gasteiger partial charge is 0.412 e.